The average Bonchev–Trinajstić information content (AvgIpc) is 3.66. The third-order valence-corrected chi connectivity index (χ3v) is 7.60. The summed E-state index contributed by atoms with van der Waals surface area (Å²) < 4.78 is 16.8. The van der Waals surface area contributed by atoms with Crippen molar-refractivity contribution in [3.8, 4) is 5.69 Å². The van der Waals surface area contributed by atoms with Gasteiger partial charge in [-0.1, -0.05) is 37.3 Å². The van der Waals surface area contributed by atoms with Crippen molar-refractivity contribution in [3.63, 3.8) is 0 Å². The number of nitrogens with zero attached hydrogens (tertiary/aromatic N) is 5. The molecule has 1 fully saturated rings. The number of amides is 2. The van der Waals surface area contributed by atoms with E-state index in [1.54, 1.807) is 47.0 Å². The Morgan fingerprint density at radius 2 is 1.75 bits per heavy atom. The SMILES string of the molecule is CCC1C(NC(=O)c2ccn(C)n2)C(Cc2ccccc2)C(=O)N1c1ccc2c(cnn2-c2ccc(F)cc2)c1. The molecule has 1 N–H and O–H groups in total. The van der Waals surface area contributed by atoms with Gasteiger partial charge in [0.2, 0.25) is 5.91 Å². The molecule has 1 aliphatic rings. The van der Waals surface area contributed by atoms with Crippen LogP contribution in [0.1, 0.15) is 29.4 Å². The molecule has 0 saturated carbocycles. The highest BCUT2D eigenvalue weighted by molar-refractivity contribution is 6.02. The molecule has 40 heavy (non-hydrogen) atoms. The van der Waals surface area contributed by atoms with Gasteiger partial charge < -0.3 is 10.2 Å². The number of halogens is 1. The van der Waals surface area contributed by atoms with Crippen molar-refractivity contribution in [3.05, 3.63) is 108 Å². The van der Waals surface area contributed by atoms with Gasteiger partial charge in [0.05, 0.1) is 35.4 Å². The molecule has 0 aliphatic carbocycles. The molecule has 0 radical (unpaired) electrons. The lowest BCUT2D eigenvalue weighted by atomic mass is 9.90. The average molecular weight is 537 g/mol. The van der Waals surface area contributed by atoms with Gasteiger partial charge in [0, 0.05) is 24.3 Å². The van der Waals surface area contributed by atoms with E-state index in [0.717, 1.165) is 27.8 Å². The molecule has 0 bridgehead atoms. The van der Waals surface area contributed by atoms with Crippen molar-refractivity contribution >= 4 is 28.4 Å². The van der Waals surface area contributed by atoms with E-state index in [1.807, 2.05) is 60.4 Å². The van der Waals surface area contributed by atoms with Crippen molar-refractivity contribution in [1.29, 1.82) is 0 Å². The molecule has 5 aromatic rings. The fourth-order valence-corrected chi connectivity index (χ4v) is 5.68. The van der Waals surface area contributed by atoms with Crippen LogP contribution >= 0.6 is 0 Å². The van der Waals surface area contributed by atoms with Crippen LogP contribution in [-0.4, -0.2) is 43.5 Å². The Kier molecular flexibility index (Phi) is 6.63. The van der Waals surface area contributed by atoms with Crippen LogP contribution < -0.4 is 10.2 Å². The smallest absolute Gasteiger partial charge is 0.272 e. The third kappa shape index (κ3) is 4.64. The molecule has 2 amide bonds. The zero-order valence-electron chi connectivity index (χ0n) is 22.2. The minimum Gasteiger partial charge on any atom is -0.345 e. The predicted molar refractivity (Wildman–Crippen MR) is 151 cm³/mol. The van der Waals surface area contributed by atoms with Crippen LogP contribution in [0.4, 0.5) is 10.1 Å². The summed E-state index contributed by atoms with van der Waals surface area (Å²) in [4.78, 5) is 29.1. The standard InChI is InChI=1S/C31H29FN6O2/c1-3-27-29(34-30(39)26-15-16-36(2)35-26)25(17-20-7-5-4-6-8-20)31(40)37(27)24-13-14-28-21(18-24)19-33-38(28)23-11-9-22(32)10-12-23/h4-16,18-19,25,27,29H,3,17H2,1-2H3,(H,34,39). The number of hydrogen-bond donors (Lipinski definition) is 1. The molecule has 3 unspecified atom stereocenters. The van der Waals surface area contributed by atoms with Gasteiger partial charge in [-0.05, 0) is 66.9 Å². The number of nitrogens with one attached hydrogen (secondary N) is 1. The minimum absolute atomic E-state index is 0.0349. The lowest BCUT2D eigenvalue weighted by Gasteiger charge is -2.28. The van der Waals surface area contributed by atoms with Gasteiger partial charge in [-0.25, -0.2) is 9.07 Å². The number of aromatic nitrogens is 4. The Morgan fingerprint density at radius 3 is 2.45 bits per heavy atom. The first-order valence-electron chi connectivity index (χ1n) is 13.3. The first-order chi connectivity index (χ1) is 19.4. The van der Waals surface area contributed by atoms with Crippen molar-refractivity contribution < 1.29 is 14.0 Å². The second kappa shape index (κ2) is 10.4. The number of anilines is 1. The van der Waals surface area contributed by atoms with Crippen LogP contribution in [0.15, 0.2) is 91.3 Å². The topological polar surface area (TPSA) is 85.1 Å². The monoisotopic (exact) mass is 536 g/mol. The zero-order valence-corrected chi connectivity index (χ0v) is 22.2. The molecule has 3 atom stereocenters. The maximum atomic E-state index is 14.1. The molecule has 2 aromatic heterocycles. The molecule has 202 valence electrons. The maximum Gasteiger partial charge on any atom is 0.272 e. The molecule has 0 spiro atoms. The third-order valence-electron chi connectivity index (χ3n) is 7.60. The molecule has 1 saturated heterocycles. The minimum atomic E-state index is -0.447. The summed E-state index contributed by atoms with van der Waals surface area (Å²) in [5.74, 6) is -1.09. The van der Waals surface area contributed by atoms with Gasteiger partial charge in [-0.2, -0.15) is 10.2 Å². The van der Waals surface area contributed by atoms with E-state index in [9.17, 15) is 14.0 Å². The Morgan fingerprint density at radius 1 is 1.00 bits per heavy atom. The summed E-state index contributed by atoms with van der Waals surface area (Å²) in [5, 5.41) is 12.8. The number of carbonyl (C=O) groups excluding carboxylic acids is 2. The van der Waals surface area contributed by atoms with E-state index in [0.29, 0.717) is 18.5 Å². The largest absolute Gasteiger partial charge is 0.345 e. The van der Waals surface area contributed by atoms with Crippen LogP contribution in [0.5, 0.6) is 0 Å². The summed E-state index contributed by atoms with van der Waals surface area (Å²) >= 11 is 0. The Bertz CT molecular complexity index is 1680. The van der Waals surface area contributed by atoms with Crippen molar-refractivity contribution in [1.82, 2.24) is 24.9 Å². The van der Waals surface area contributed by atoms with Crippen LogP contribution in [-0.2, 0) is 18.3 Å². The Labute approximate surface area is 231 Å². The number of hydrogen-bond acceptors (Lipinski definition) is 4. The zero-order chi connectivity index (χ0) is 27.8. The number of rotatable bonds is 7. The number of benzene rings is 3. The number of carbonyl (C=O) groups is 2. The second-order valence-corrected chi connectivity index (χ2v) is 10.1. The molecule has 8 nitrogen and oxygen atoms in total. The second-order valence-electron chi connectivity index (χ2n) is 10.1. The lowest BCUT2D eigenvalue weighted by molar-refractivity contribution is -0.120. The lowest BCUT2D eigenvalue weighted by Crippen LogP contribution is -2.47. The van der Waals surface area contributed by atoms with Gasteiger partial charge in [-0.15, -0.1) is 0 Å². The highest BCUT2D eigenvalue weighted by Gasteiger charge is 2.48. The first kappa shape index (κ1) is 25.5. The highest BCUT2D eigenvalue weighted by atomic mass is 19.1. The van der Waals surface area contributed by atoms with Crippen LogP contribution in [0, 0.1) is 11.7 Å². The van der Waals surface area contributed by atoms with Crippen LogP contribution in [0.3, 0.4) is 0 Å². The Hall–Kier alpha value is -4.79. The molecule has 3 heterocycles. The summed E-state index contributed by atoms with van der Waals surface area (Å²) in [6, 6.07) is 22.8. The van der Waals surface area contributed by atoms with Gasteiger partial charge >= 0.3 is 0 Å². The Balaban J connectivity index is 1.36. The summed E-state index contributed by atoms with van der Waals surface area (Å²) in [6.45, 7) is 2.03. The van der Waals surface area contributed by atoms with Gasteiger partial charge in [0.25, 0.3) is 5.91 Å². The van der Waals surface area contributed by atoms with Gasteiger partial charge in [0.1, 0.15) is 11.5 Å². The van der Waals surface area contributed by atoms with Crippen molar-refractivity contribution in [2.24, 2.45) is 13.0 Å². The van der Waals surface area contributed by atoms with E-state index >= 15 is 0 Å². The number of aryl methyl sites for hydroxylation is 1. The number of fused-ring (bicyclic) bond motifs is 1. The predicted octanol–water partition coefficient (Wildman–Crippen LogP) is 4.68. The van der Waals surface area contributed by atoms with E-state index in [-0.39, 0.29) is 23.7 Å². The molecule has 9 heteroatoms. The van der Waals surface area contributed by atoms with E-state index in [1.165, 1.54) is 12.1 Å². The summed E-state index contributed by atoms with van der Waals surface area (Å²) in [6.07, 6.45) is 4.62. The molecule has 1 aliphatic heterocycles. The van der Waals surface area contributed by atoms with Crippen LogP contribution in [0.2, 0.25) is 0 Å². The molecule has 6 rings (SSSR count). The fraction of sp³-hybridized carbons (Fsp3) is 0.226. The summed E-state index contributed by atoms with van der Waals surface area (Å²) in [7, 11) is 1.76. The van der Waals surface area contributed by atoms with Crippen LogP contribution in [0.25, 0.3) is 16.6 Å². The van der Waals surface area contributed by atoms with E-state index in [4.69, 9.17) is 0 Å². The quantitative estimate of drug-likeness (QED) is 0.327. The fourth-order valence-electron chi connectivity index (χ4n) is 5.68. The molecular weight excluding hydrogens is 507 g/mol. The maximum absolute atomic E-state index is 14.1. The first-order valence-corrected chi connectivity index (χ1v) is 13.3. The van der Waals surface area contributed by atoms with E-state index in [2.05, 4.69) is 15.5 Å². The van der Waals surface area contributed by atoms with Crippen molar-refractivity contribution in [2.75, 3.05) is 4.90 Å². The van der Waals surface area contributed by atoms with Crippen molar-refractivity contribution in [2.45, 2.75) is 31.8 Å². The van der Waals surface area contributed by atoms with E-state index < -0.39 is 12.0 Å². The molecule has 3 aromatic carbocycles. The summed E-state index contributed by atoms with van der Waals surface area (Å²) in [5.41, 5.74) is 3.68. The molecular formula is C31H29FN6O2. The van der Waals surface area contributed by atoms with Gasteiger partial charge in [0.15, 0.2) is 0 Å². The highest BCUT2D eigenvalue weighted by Crippen LogP contribution is 2.36. The normalized spacial score (nSPS) is 18.9. The van der Waals surface area contributed by atoms with Gasteiger partial charge in [-0.3, -0.25) is 14.3 Å².